The van der Waals surface area contributed by atoms with Crippen LogP contribution in [0.4, 0.5) is 5.69 Å². The van der Waals surface area contributed by atoms with Gasteiger partial charge in [0.05, 0.1) is 19.9 Å². The van der Waals surface area contributed by atoms with E-state index in [4.69, 9.17) is 9.47 Å². The van der Waals surface area contributed by atoms with Crippen molar-refractivity contribution >= 4 is 17.5 Å². The normalized spacial score (nSPS) is 14.6. The van der Waals surface area contributed by atoms with E-state index in [9.17, 15) is 9.59 Å². The van der Waals surface area contributed by atoms with Crippen molar-refractivity contribution in [1.29, 1.82) is 0 Å². The molecule has 0 saturated carbocycles. The molecule has 2 amide bonds. The zero-order valence-corrected chi connectivity index (χ0v) is 16.2. The van der Waals surface area contributed by atoms with Gasteiger partial charge in [0.1, 0.15) is 17.2 Å². The first-order chi connectivity index (χ1) is 13.6. The Labute approximate surface area is 164 Å². The smallest absolute Gasteiger partial charge is 0.271 e. The van der Waals surface area contributed by atoms with Crippen LogP contribution in [0.25, 0.3) is 0 Å². The van der Waals surface area contributed by atoms with Crippen molar-refractivity contribution in [2.24, 2.45) is 5.92 Å². The first-order valence-electron chi connectivity index (χ1n) is 9.41. The van der Waals surface area contributed by atoms with Crippen LogP contribution in [0.3, 0.4) is 0 Å². The van der Waals surface area contributed by atoms with Gasteiger partial charge in [0.25, 0.3) is 5.91 Å². The van der Waals surface area contributed by atoms with Gasteiger partial charge in [-0.25, -0.2) is 0 Å². The third-order valence-corrected chi connectivity index (χ3v) is 5.10. The number of piperidine rings is 1. The molecule has 2 N–H and O–H groups in total. The maximum atomic E-state index is 12.3. The van der Waals surface area contributed by atoms with Gasteiger partial charge >= 0.3 is 0 Å². The van der Waals surface area contributed by atoms with Crippen molar-refractivity contribution in [3.63, 3.8) is 0 Å². The molecule has 0 unspecified atom stereocenters. The monoisotopic (exact) mass is 386 g/mol. The van der Waals surface area contributed by atoms with Crippen LogP contribution in [0.15, 0.2) is 30.5 Å². The first-order valence-corrected chi connectivity index (χ1v) is 9.41. The van der Waals surface area contributed by atoms with Gasteiger partial charge < -0.3 is 19.7 Å². The van der Waals surface area contributed by atoms with Gasteiger partial charge in [-0.1, -0.05) is 0 Å². The summed E-state index contributed by atoms with van der Waals surface area (Å²) < 4.78 is 10.5. The van der Waals surface area contributed by atoms with E-state index in [1.54, 1.807) is 44.7 Å². The Balaban J connectivity index is 1.44. The topological polar surface area (TPSA) is 96.5 Å². The second kappa shape index (κ2) is 9.25. The predicted octanol–water partition coefficient (Wildman–Crippen LogP) is 2.70. The molecule has 1 aliphatic heterocycles. The quantitative estimate of drug-likeness (QED) is 0.763. The molecular weight excluding hydrogens is 360 g/mol. The lowest BCUT2D eigenvalue weighted by Gasteiger charge is -2.31. The standard InChI is InChI=1S/C20H26N4O4/c1-27-15-4-5-16(18(13-15)28-2)22-19(25)6-3-14-8-11-24(12-9-14)20(26)17-7-10-21-23-17/h4-5,7,10,13-14H,3,6,8-9,11-12H2,1-2H3,(H,21,23)(H,22,25). The van der Waals surface area contributed by atoms with Crippen molar-refractivity contribution in [3.8, 4) is 11.5 Å². The highest BCUT2D eigenvalue weighted by Gasteiger charge is 2.24. The van der Waals surface area contributed by atoms with Crippen molar-refractivity contribution in [1.82, 2.24) is 15.1 Å². The van der Waals surface area contributed by atoms with Gasteiger partial charge in [-0.15, -0.1) is 0 Å². The van der Waals surface area contributed by atoms with Crippen LogP contribution in [-0.2, 0) is 4.79 Å². The molecule has 1 saturated heterocycles. The largest absolute Gasteiger partial charge is 0.497 e. The molecular formula is C20H26N4O4. The number of benzene rings is 1. The van der Waals surface area contributed by atoms with E-state index >= 15 is 0 Å². The molecule has 0 aliphatic carbocycles. The highest BCUT2D eigenvalue weighted by Crippen LogP contribution is 2.29. The average molecular weight is 386 g/mol. The van der Waals surface area contributed by atoms with Crippen LogP contribution in [0.5, 0.6) is 11.5 Å². The molecule has 3 rings (SSSR count). The van der Waals surface area contributed by atoms with E-state index in [0.29, 0.717) is 48.3 Å². The summed E-state index contributed by atoms with van der Waals surface area (Å²) >= 11 is 0. The average Bonchev–Trinajstić information content (AvgIpc) is 3.27. The number of aromatic amines is 1. The molecule has 28 heavy (non-hydrogen) atoms. The van der Waals surface area contributed by atoms with Gasteiger partial charge in [0.15, 0.2) is 0 Å². The number of hydrogen-bond acceptors (Lipinski definition) is 5. The second-order valence-electron chi connectivity index (χ2n) is 6.86. The Morgan fingerprint density at radius 1 is 1.21 bits per heavy atom. The minimum atomic E-state index is -0.0422. The summed E-state index contributed by atoms with van der Waals surface area (Å²) in [5, 5.41) is 9.44. The molecule has 1 aromatic heterocycles. The number of amides is 2. The van der Waals surface area contributed by atoms with Crippen molar-refractivity contribution < 1.29 is 19.1 Å². The highest BCUT2D eigenvalue weighted by atomic mass is 16.5. The molecule has 2 heterocycles. The minimum absolute atomic E-state index is 0.0136. The van der Waals surface area contributed by atoms with E-state index in [1.807, 2.05) is 4.90 Å². The van der Waals surface area contributed by atoms with Crippen LogP contribution in [-0.4, -0.2) is 54.2 Å². The number of aromatic nitrogens is 2. The number of carbonyl (C=O) groups is 2. The Morgan fingerprint density at radius 2 is 2.00 bits per heavy atom. The number of nitrogens with one attached hydrogen (secondary N) is 2. The molecule has 1 aromatic carbocycles. The summed E-state index contributed by atoms with van der Waals surface area (Å²) in [7, 11) is 3.14. The summed E-state index contributed by atoms with van der Waals surface area (Å²) in [5.74, 6) is 1.62. The van der Waals surface area contributed by atoms with Crippen LogP contribution >= 0.6 is 0 Å². The molecule has 1 aliphatic rings. The third-order valence-electron chi connectivity index (χ3n) is 5.10. The second-order valence-corrected chi connectivity index (χ2v) is 6.86. The highest BCUT2D eigenvalue weighted by molar-refractivity contribution is 5.93. The van der Waals surface area contributed by atoms with E-state index in [0.717, 1.165) is 19.3 Å². The molecule has 150 valence electrons. The fourth-order valence-electron chi connectivity index (χ4n) is 3.42. The number of rotatable bonds is 7. The van der Waals surface area contributed by atoms with E-state index in [2.05, 4.69) is 15.5 Å². The maximum Gasteiger partial charge on any atom is 0.271 e. The molecule has 2 aromatic rings. The molecule has 8 heteroatoms. The van der Waals surface area contributed by atoms with Crippen molar-refractivity contribution in [3.05, 3.63) is 36.2 Å². The van der Waals surface area contributed by atoms with Gasteiger partial charge in [-0.05, 0) is 43.4 Å². The fourth-order valence-corrected chi connectivity index (χ4v) is 3.42. The number of likely N-dealkylation sites (tertiary alicyclic amines) is 1. The Hall–Kier alpha value is -3.03. The van der Waals surface area contributed by atoms with Gasteiger partial charge in [0.2, 0.25) is 5.91 Å². The maximum absolute atomic E-state index is 12.3. The van der Waals surface area contributed by atoms with Gasteiger partial charge in [-0.3, -0.25) is 14.7 Å². The number of H-pyrrole nitrogens is 1. The van der Waals surface area contributed by atoms with Crippen LogP contribution < -0.4 is 14.8 Å². The number of anilines is 1. The fraction of sp³-hybridized carbons (Fsp3) is 0.450. The number of methoxy groups -OCH3 is 2. The van der Waals surface area contributed by atoms with Crippen molar-refractivity contribution in [2.75, 3.05) is 32.6 Å². The van der Waals surface area contributed by atoms with Crippen LogP contribution in [0, 0.1) is 5.92 Å². The molecule has 0 bridgehead atoms. The molecule has 0 radical (unpaired) electrons. The summed E-state index contributed by atoms with van der Waals surface area (Å²) in [6.45, 7) is 1.41. The van der Waals surface area contributed by atoms with Gasteiger partial charge in [0, 0.05) is 31.8 Å². The lowest BCUT2D eigenvalue weighted by molar-refractivity contribution is -0.116. The third kappa shape index (κ3) is 4.82. The number of ether oxygens (including phenoxy) is 2. The molecule has 8 nitrogen and oxygen atoms in total. The molecule has 1 fully saturated rings. The summed E-state index contributed by atoms with van der Waals surface area (Å²) in [5.41, 5.74) is 1.15. The minimum Gasteiger partial charge on any atom is -0.497 e. The summed E-state index contributed by atoms with van der Waals surface area (Å²) in [6, 6.07) is 6.98. The molecule has 0 atom stereocenters. The van der Waals surface area contributed by atoms with Crippen LogP contribution in [0.2, 0.25) is 0 Å². The zero-order chi connectivity index (χ0) is 19.9. The lowest BCUT2D eigenvalue weighted by Crippen LogP contribution is -2.38. The van der Waals surface area contributed by atoms with Gasteiger partial charge in [-0.2, -0.15) is 5.10 Å². The summed E-state index contributed by atoms with van der Waals surface area (Å²) in [4.78, 5) is 26.5. The Morgan fingerprint density at radius 3 is 2.64 bits per heavy atom. The van der Waals surface area contributed by atoms with E-state index in [1.165, 1.54) is 0 Å². The van der Waals surface area contributed by atoms with Crippen molar-refractivity contribution in [2.45, 2.75) is 25.7 Å². The number of hydrogen-bond donors (Lipinski definition) is 2. The summed E-state index contributed by atoms with van der Waals surface area (Å²) in [6.07, 6.45) is 4.62. The molecule has 0 spiro atoms. The first kappa shape index (κ1) is 19.7. The zero-order valence-electron chi connectivity index (χ0n) is 16.2. The number of nitrogens with zero attached hydrogens (tertiary/aromatic N) is 2. The SMILES string of the molecule is COc1ccc(NC(=O)CCC2CCN(C(=O)c3ccn[nH]3)CC2)c(OC)c1. The Bertz CT molecular complexity index is 799. The van der Waals surface area contributed by atoms with E-state index in [-0.39, 0.29) is 11.8 Å². The number of carbonyl (C=O) groups excluding carboxylic acids is 2. The lowest BCUT2D eigenvalue weighted by atomic mass is 9.92. The van der Waals surface area contributed by atoms with Crippen LogP contribution in [0.1, 0.15) is 36.2 Å². The van der Waals surface area contributed by atoms with E-state index < -0.39 is 0 Å². The predicted molar refractivity (Wildman–Crippen MR) is 105 cm³/mol. The Kier molecular flexibility index (Phi) is 6.52.